The molecule has 1 heterocycles. The van der Waals surface area contributed by atoms with Crippen LogP contribution in [0.1, 0.15) is 19.8 Å². The van der Waals surface area contributed by atoms with Crippen LogP contribution in [0.5, 0.6) is 0 Å². The SMILES string of the molecule is CCCNc1ncnc(SCCC(=O)OC)c1[N+](=O)[O-]. The van der Waals surface area contributed by atoms with Crippen LogP contribution in [0.15, 0.2) is 11.4 Å². The normalized spacial score (nSPS) is 10.1. The van der Waals surface area contributed by atoms with Gasteiger partial charge < -0.3 is 10.1 Å². The van der Waals surface area contributed by atoms with Crippen molar-refractivity contribution in [2.75, 3.05) is 24.7 Å². The zero-order chi connectivity index (χ0) is 15.0. The third-order valence-corrected chi connectivity index (χ3v) is 3.27. The summed E-state index contributed by atoms with van der Waals surface area (Å²) in [5, 5.41) is 14.3. The molecule has 1 N–H and O–H groups in total. The lowest BCUT2D eigenvalue weighted by molar-refractivity contribution is -0.387. The summed E-state index contributed by atoms with van der Waals surface area (Å²) in [7, 11) is 1.30. The van der Waals surface area contributed by atoms with E-state index in [1.54, 1.807) is 0 Å². The molecule has 0 atom stereocenters. The third kappa shape index (κ3) is 4.65. The highest BCUT2D eigenvalue weighted by molar-refractivity contribution is 7.99. The van der Waals surface area contributed by atoms with E-state index in [-0.39, 0.29) is 28.9 Å². The van der Waals surface area contributed by atoms with E-state index in [9.17, 15) is 14.9 Å². The Kier molecular flexibility index (Phi) is 6.71. The first-order chi connectivity index (χ1) is 9.60. The molecule has 0 saturated heterocycles. The second-order valence-electron chi connectivity index (χ2n) is 3.73. The van der Waals surface area contributed by atoms with Gasteiger partial charge in [0.15, 0.2) is 5.03 Å². The lowest BCUT2D eigenvalue weighted by atomic mass is 10.4. The monoisotopic (exact) mass is 300 g/mol. The minimum Gasteiger partial charge on any atom is -0.469 e. The van der Waals surface area contributed by atoms with Gasteiger partial charge in [-0.1, -0.05) is 18.7 Å². The van der Waals surface area contributed by atoms with E-state index >= 15 is 0 Å². The first-order valence-corrected chi connectivity index (χ1v) is 7.01. The Morgan fingerprint density at radius 2 is 2.30 bits per heavy atom. The third-order valence-electron chi connectivity index (χ3n) is 2.29. The summed E-state index contributed by atoms with van der Waals surface area (Å²) in [4.78, 5) is 29.4. The van der Waals surface area contributed by atoms with Crippen molar-refractivity contribution < 1.29 is 14.5 Å². The lowest BCUT2D eigenvalue weighted by Crippen LogP contribution is -2.07. The predicted octanol–water partition coefficient (Wildman–Crippen LogP) is 1.86. The molecule has 9 heteroatoms. The van der Waals surface area contributed by atoms with Gasteiger partial charge in [-0.3, -0.25) is 14.9 Å². The highest BCUT2D eigenvalue weighted by Crippen LogP contribution is 2.32. The molecule has 0 aliphatic rings. The van der Waals surface area contributed by atoms with Crippen LogP contribution < -0.4 is 5.32 Å². The van der Waals surface area contributed by atoms with Crippen molar-refractivity contribution in [1.29, 1.82) is 0 Å². The van der Waals surface area contributed by atoms with E-state index in [1.165, 1.54) is 13.4 Å². The number of nitrogens with zero attached hydrogens (tertiary/aromatic N) is 3. The van der Waals surface area contributed by atoms with Crippen molar-refractivity contribution in [3.63, 3.8) is 0 Å². The molecule has 1 aromatic rings. The predicted molar refractivity (Wildman–Crippen MR) is 74.8 cm³/mol. The molecule has 1 rings (SSSR count). The first-order valence-electron chi connectivity index (χ1n) is 6.03. The Morgan fingerprint density at radius 1 is 1.55 bits per heavy atom. The molecule has 0 saturated carbocycles. The second kappa shape index (κ2) is 8.31. The van der Waals surface area contributed by atoms with E-state index in [0.717, 1.165) is 18.2 Å². The van der Waals surface area contributed by atoms with Gasteiger partial charge in [0.05, 0.1) is 18.5 Å². The molecule has 8 nitrogen and oxygen atoms in total. The van der Waals surface area contributed by atoms with Gasteiger partial charge in [0.2, 0.25) is 5.82 Å². The summed E-state index contributed by atoms with van der Waals surface area (Å²) in [6, 6.07) is 0. The van der Waals surface area contributed by atoms with Crippen molar-refractivity contribution in [3.8, 4) is 0 Å². The number of aromatic nitrogens is 2. The smallest absolute Gasteiger partial charge is 0.343 e. The van der Waals surface area contributed by atoms with Crippen molar-refractivity contribution in [1.82, 2.24) is 9.97 Å². The fraction of sp³-hybridized carbons (Fsp3) is 0.545. The number of hydrogen-bond donors (Lipinski definition) is 1. The van der Waals surface area contributed by atoms with Crippen LogP contribution >= 0.6 is 11.8 Å². The number of methoxy groups -OCH3 is 1. The van der Waals surface area contributed by atoms with E-state index in [2.05, 4.69) is 20.0 Å². The van der Waals surface area contributed by atoms with E-state index in [1.807, 2.05) is 6.92 Å². The standard InChI is InChI=1S/C11H16N4O4S/c1-3-5-12-10-9(15(17)18)11(14-7-13-10)20-6-4-8(16)19-2/h7H,3-6H2,1-2H3,(H,12,13,14). The largest absolute Gasteiger partial charge is 0.469 e. The van der Waals surface area contributed by atoms with Crippen LogP contribution in [0.25, 0.3) is 0 Å². The molecular formula is C11H16N4O4S. The molecule has 0 spiro atoms. The van der Waals surface area contributed by atoms with Gasteiger partial charge in [0.25, 0.3) is 0 Å². The Balaban J connectivity index is 2.83. The summed E-state index contributed by atoms with van der Waals surface area (Å²) in [5.74, 6) is 0.198. The zero-order valence-electron chi connectivity index (χ0n) is 11.3. The van der Waals surface area contributed by atoms with Crippen LogP contribution in [0.4, 0.5) is 11.5 Å². The van der Waals surface area contributed by atoms with Gasteiger partial charge in [-0.25, -0.2) is 9.97 Å². The van der Waals surface area contributed by atoms with Gasteiger partial charge in [0, 0.05) is 12.3 Å². The fourth-order valence-corrected chi connectivity index (χ4v) is 2.23. The fourth-order valence-electron chi connectivity index (χ4n) is 1.34. The number of esters is 1. The maximum atomic E-state index is 11.1. The van der Waals surface area contributed by atoms with Gasteiger partial charge in [0.1, 0.15) is 6.33 Å². The van der Waals surface area contributed by atoms with Crippen LogP contribution in [-0.4, -0.2) is 40.3 Å². The Labute approximate surface area is 120 Å². The Morgan fingerprint density at radius 3 is 2.90 bits per heavy atom. The maximum Gasteiger partial charge on any atom is 0.343 e. The molecule has 1 aromatic heterocycles. The summed E-state index contributed by atoms with van der Waals surface area (Å²) >= 11 is 1.13. The highest BCUT2D eigenvalue weighted by Gasteiger charge is 2.22. The number of nitrogens with one attached hydrogen (secondary N) is 1. The molecule has 0 radical (unpaired) electrons. The van der Waals surface area contributed by atoms with E-state index in [4.69, 9.17) is 0 Å². The Hall–Kier alpha value is -1.90. The molecule has 0 aromatic carbocycles. The molecule has 0 unspecified atom stereocenters. The highest BCUT2D eigenvalue weighted by atomic mass is 32.2. The van der Waals surface area contributed by atoms with E-state index < -0.39 is 4.92 Å². The average molecular weight is 300 g/mol. The number of carbonyl (C=O) groups excluding carboxylic acids is 1. The molecule has 0 amide bonds. The van der Waals surface area contributed by atoms with Gasteiger partial charge >= 0.3 is 11.7 Å². The van der Waals surface area contributed by atoms with Gasteiger partial charge in [-0.15, -0.1) is 0 Å². The van der Waals surface area contributed by atoms with Crippen LogP contribution in [0.3, 0.4) is 0 Å². The minimum absolute atomic E-state index is 0.157. The first kappa shape index (κ1) is 16.2. The minimum atomic E-state index is -0.515. The van der Waals surface area contributed by atoms with Crippen LogP contribution in [0.2, 0.25) is 0 Å². The van der Waals surface area contributed by atoms with Gasteiger partial charge in [-0.2, -0.15) is 0 Å². The van der Waals surface area contributed by atoms with Crippen molar-refractivity contribution in [3.05, 3.63) is 16.4 Å². The quantitative estimate of drug-likeness (QED) is 0.255. The topological polar surface area (TPSA) is 107 Å². The molecule has 0 bridgehead atoms. The number of ether oxygens (including phenoxy) is 1. The molecule has 0 aliphatic carbocycles. The number of rotatable bonds is 8. The molecule has 110 valence electrons. The summed E-state index contributed by atoms with van der Waals surface area (Å²) in [5.41, 5.74) is -0.157. The number of anilines is 1. The van der Waals surface area contributed by atoms with Gasteiger partial charge in [-0.05, 0) is 6.42 Å². The molecule has 0 fully saturated rings. The second-order valence-corrected chi connectivity index (χ2v) is 4.82. The Bertz CT molecular complexity index is 483. The lowest BCUT2D eigenvalue weighted by Gasteiger charge is -2.07. The van der Waals surface area contributed by atoms with Crippen molar-refractivity contribution in [2.45, 2.75) is 24.8 Å². The molecule has 20 heavy (non-hydrogen) atoms. The number of nitro groups is 1. The summed E-state index contributed by atoms with van der Waals surface area (Å²) in [6.07, 6.45) is 2.26. The number of thioether (sulfide) groups is 1. The van der Waals surface area contributed by atoms with E-state index in [0.29, 0.717) is 12.3 Å². The van der Waals surface area contributed by atoms with Crippen LogP contribution in [0, 0.1) is 10.1 Å². The molecular weight excluding hydrogens is 284 g/mol. The average Bonchev–Trinajstić information content (AvgIpc) is 2.44. The van der Waals surface area contributed by atoms with Crippen molar-refractivity contribution in [2.24, 2.45) is 0 Å². The van der Waals surface area contributed by atoms with Crippen molar-refractivity contribution >= 4 is 29.2 Å². The zero-order valence-corrected chi connectivity index (χ0v) is 12.1. The molecule has 0 aliphatic heterocycles. The summed E-state index contributed by atoms with van der Waals surface area (Å²) in [6.45, 7) is 2.54. The number of hydrogen-bond acceptors (Lipinski definition) is 8. The van der Waals surface area contributed by atoms with Crippen LogP contribution in [-0.2, 0) is 9.53 Å². The maximum absolute atomic E-state index is 11.1. The summed E-state index contributed by atoms with van der Waals surface area (Å²) < 4.78 is 4.51. The number of carbonyl (C=O) groups is 1.